The van der Waals surface area contributed by atoms with Gasteiger partial charge in [0.15, 0.2) is 0 Å². The third-order valence-electron chi connectivity index (χ3n) is 6.16. The van der Waals surface area contributed by atoms with Crippen molar-refractivity contribution in [1.82, 2.24) is 4.90 Å². The number of nitrogens with zero attached hydrogens (tertiary/aromatic N) is 2. The summed E-state index contributed by atoms with van der Waals surface area (Å²) in [7, 11) is -2.72. The van der Waals surface area contributed by atoms with E-state index in [0.29, 0.717) is 13.0 Å². The van der Waals surface area contributed by atoms with Crippen molar-refractivity contribution < 1.29 is 14.0 Å². The number of hydrogen-bond acceptors (Lipinski definition) is 4. The molecule has 2 aromatic rings. The molecule has 33 heavy (non-hydrogen) atoms. The van der Waals surface area contributed by atoms with E-state index < -0.39 is 26.1 Å². The molecule has 1 fully saturated rings. The van der Waals surface area contributed by atoms with Gasteiger partial charge in [0.05, 0.1) is 18.7 Å². The van der Waals surface area contributed by atoms with E-state index in [0.717, 1.165) is 6.42 Å². The molecule has 0 radical (unpaired) electrons. The Hall–Kier alpha value is -2.62. The number of rotatable bonds is 5. The molecule has 1 unspecified atom stereocenters. The van der Waals surface area contributed by atoms with Gasteiger partial charge in [0, 0.05) is 0 Å². The first-order chi connectivity index (χ1) is 15.5. The van der Waals surface area contributed by atoms with Crippen molar-refractivity contribution in [3.63, 3.8) is 0 Å². The van der Waals surface area contributed by atoms with Crippen molar-refractivity contribution in [2.75, 3.05) is 6.61 Å². The maximum Gasteiger partial charge on any atom is 0.411 e. The fourth-order valence-electron chi connectivity index (χ4n) is 4.75. The molecular weight excluding hydrogens is 428 g/mol. The Morgan fingerprint density at radius 3 is 1.91 bits per heavy atom. The van der Waals surface area contributed by atoms with Gasteiger partial charge in [-0.2, -0.15) is 5.26 Å². The molecule has 5 nitrogen and oxygen atoms in total. The van der Waals surface area contributed by atoms with Crippen LogP contribution in [0.15, 0.2) is 60.7 Å². The van der Waals surface area contributed by atoms with Crippen LogP contribution in [-0.4, -0.2) is 43.6 Å². The van der Waals surface area contributed by atoms with Crippen LogP contribution in [0, 0.1) is 11.3 Å². The fraction of sp³-hybridized carbons (Fsp3) is 0.481. The SMILES string of the molecule is CC(C)(C)OC(=O)N1C(C#N)CC[C@H]1CO[Si](c1ccccc1)(c1ccccc1)C(C)(C)C. The summed E-state index contributed by atoms with van der Waals surface area (Å²) in [5.41, 5.74) is -0.622. The summed E-state index contributed by atoms with van der Waals surface area (Å²) in [5, 5.41) is 11.9. The Kier molecular flexibility index (Phi) is 7.35. The van der Waals surface area contributed by atoms with Crippen LogP contribution in [-0.2, 0) is 9.16 Å². The molecule has 2 aromatic carbocycles. The number of amides is 1. The van der Waals surface area contributed by atoms with E-state index in [4.69, 9.17) is 9.16 Å². The highest BCUT2D eigenvalue weighted by molar-refractivity contribution is 6.99. The Labute approximate surface area is 199 Å². The highest BCUT2D eigenvalue weighted by Gasteiger charge is 2.51. The van der Waals surface area contributed by atoms with Crippen LogP contribution in [0.5, 0.6) is 0 Å². The minimum absolute atomic E-state index is 0.153. The third kappa shape index (κ3) is 5.31. The number of benzene rings is 2. The number of ether oxygens (including phenoxy) is 1. The van der Waals surface area contributed by atoms with Gasteiger partial charge in [0.1, 0.15) is 11.6 Å². The molecule has 6 heteroatoms. The van der Waals surface area contributed by atoms with E-state index in [-0.39, 0.29) is 11.1 Å². The van der Waals surface area contributed by atoms with Crippen molar-refractivity contribution in [2.24, 2.45) is 0 Å². The molecule has 2 atom stereocenters. The largest absolute Gasteiger partial charge is 0.444 e. The lowest BCUT2D eigenvalue weighted by Crippen LogP contribution is -2.67. The summed E-state index contributed by atoms with van der Waals surface area (Å²) >= 11 is 0. The zero-order valence-corrected chi connectivity index (χ0v) is 21.7. The average Bonchev–Trinajstić information content (AvgIpc) is 3.17. The molecule has 0 aromatic heterocycles. The smallest absolute Gasteiger partial charge is 0.411 e. The van der Waals surface area contributed by atoms with Gasteiger partial charge in [-0.15, -0.1) is 0 Å². The Bertz CT molecular complexity index is 935. The number of carbonyl (C=O) groups is 1. The fourth-order valence-corrected chi connectivity index (χ4v) is 9.34. The van der Waals surface area contributed by atoms with Crippen molar-refractivity contribution in [2.45, 2.75) is 77.1 Å². The lowest BCUT2D eigenvalue weighted by molar-refractivity contribution is 0.0139. The molecule has 0 spiro atoms. The van der Waals surface area contributed by atoms with Crippen LogP contribution in [0.1, 0.15) is 54.4 Å². The topological polar surface area (TPSA) is 62.6 Å². The van der Waals surface area contributed by atoms with Gasteiger partial charge in [-0.25, -0.2) is 4.79 Å². The molecule has 1 heterocycles. The van der Waals surface area contributed by atoms with Crippen LogP contribution in [0.25, 0.3) is 0 Å². The van der Waals surface area contributed by atoms with Crippen LogP contribution < -0.4 is 10.4 Å². The number of hydrogen-bond donors (Lipinski definition) is 0. The van der Waals surface area contributed by atoms with Crippen LogP contribution >= 0.6 is 0 Å². The van der Waals surface area contributed by atoms with Crippen LogP contribution in [0.2, 0.25) is 5.04 Å². The Morgan fingerprint density at radius 1 is 0.970 bits per heavy atom. The third-order valence-corrected chi connectivity index (χ3v) is 11.2. The maximum atomic E-state index is 13.0. The highest BCUT2D eigenvalue weighted by atomic mass is 28.4. The van der Waals surface area contributed by atoms with Gasteiger partial charge in [-0.05, 0) is 49.0 Å². The van der Waals surface area contributed by atoms with Crippen molar-refractivity contribution in [1.29, 1.82) is 5.26 Å². The number of likely N-dealkylation sites (tertiary alicyclic amines) is 1. The highest BCUT2D eigenvalue weighted by Crippen LogP contribution is 2.38. The predicted octanol–water partition coefficient (Wildman–Crippen LogP) is 4.85. The summed E-state index contributed by atoms with van der Waals surface area (Å²) in [6.07, 6.45) is 0.905. The summed E-state index contributed by atoms with van der Waals surface area (Å²) in [5.74, 6) is 0. The summed E-state index contributed by atoms with van der Waals surface area (Å²) < 4.78 is 12.7. The zero-order valence-electron chi connectivity index (χ0n) is 20.7. The molecule has 176 valence electrons. The molecule has 0 saturated carbocycles. The van der Waals surface area contributed by atoms with E-state index in [1.54, 1.807) is 4.90 Å². The molecule has 1 saturated heterocycles. The van der Waals surface area contributed by atoms with Crippen molar-refractivity contribution in [3.8, 4) is 6.07 Å². The first kappa shape index (κ1) is 25.0. The second kappa shape index (κ2) is 9.70. The second-order valence-electron chi connectivity index (χ2n) is 10.7. The predicted molar refractivity (Wildman–Crippen MR) is 134 cm³/mol. The first-order valence-electron chi connectivity index (χ1n) is 11.7. The van der Waals surface area contributed by atoms with Crippen LogP contribution in [0.4, 0.5) is 4.79 Å². The summed E-state index contributed by atoms with van der Waals surface area (Å²) in [4.78, 5) is 14.6. The van der Waals surface area contributed by atoms with E-state index in [1.807, 2.05) is 32.9 Å². The lowest BCUT2D eigenvalue weighted by atomic mass is 10.2. The molecule has 0 bridgehead atoms. The van der Waals surface area contributed by atoms with Gasteiger partial charge in [-0.3, -0.25) is 4.90 Å². The van der Waals surface area contributed by atoms with Gasteiger partial charge in [0.2, 0.25) is 0 Å². The van der Waals surface area contributed by atoms with Crippen molar-refractivity contribution in [3.05, 3.63) is 60.7 Å². The van der Waals surface area contributed by atoms with E-state index in [2.05, 4.69) is 75.4 Å². The molecule has 0 N–H and O–H groups in total. The van der Waals surface area contributed by atoms with Gasteiger partial charge < -0.3 is 9.16 Å². The Morgan fingerprint density at radius 2 is 1.48 bits per heavy atom. The quantitative estimate of drug-likeness (QED) is 0.593. The van der Waals surface area contributed by atoms with Crippen molar-refractivity contribution >= 4 is 24.8 Å². The normalized spacial score (nSPS) is 19.2. The lowest BCUT2D eigenvalue weighted by Gasteiger charge is -2.44. The molecule has 0 aliphatic carbocycles. The second-order valence-corrected chi connectivity index (χ2v) is 15.0. The van der Waals surface area contributed by atoms with Gasteiger partial charge >= 0.3 is 6.09 Å². The summed E-state index contributed by atoms with van der Waals surface area (Å²) in [6, 6.07) is 22.5. The van der Waals surface area contributed by atoms with Gasteiger partial charge in [-0.1, -0.05) is 81.4 Å². The minimum Gasteiger partial charge on any atom is -0.444 e. The molecular formula is C27H36N2O3Si. The Balaban J connectivity index is 1.99. The molecule has 1 amide bonds. The molecule has 1 aliphatic heterocycles. The summed E-state index contributed by atoms with van der Waals surface area (Å²) in [6.45, 7) is 12.6. The van der Waals surface area contributed by atoms with E-state index >= 15 is 0 Å². The number of nitriles is 1. The van der Waals surface area contributed by atoms with E-state index in [1.165, 1.54) is 10.4 Å². The van der Waals surface area contributed by atoms with E-state index in [9.17, 15) is 10.1 Å². The first-order valence-corrected chi connectivity index (χ1v) is 13.6. The van der Waals surface area contributed by atoms with Crippen LogP contribution in [0.3, 0.4) is 0 Å². The zero-order chi connectivity index (χ0) is 24.3. The average molecular weight is 465 g/mol. The standard InChI is InChI=1S/C27H36N2O3Si/c1-26(2,3)32-25(30)29-21(19-28)17-18-22(29)20-31-33(27(4,5)6,23-13-9-7-10-14-23)24-15-11-8-12-16-24/h7-16,21-22H,17-18,20H2,1-6H3/t21?,22-/m0/s1. The van der Waals surface area contributed by atoms with Gasteiger partial charge in [0.25, 0.3) is 8.32 Å². The molecule has 1 aliphatic rings. The number of carbonyl (C=O) groups excluding carboxylic acids is 1. The minimum atomic E-state index is -2.72. The maximum absolute atomic E-state index is 13.0. The molecule has 3 rings (SSSR count). The monoisotopic (exact) mass is 464 g/mol.